The van der Waals surface area contributed by atoms with Crippen molar-refractivity contribution in [2.75, 3.05) is 0 Å². The summed E-state index contributed by atoms with van der Waals surface area (Å²) in [6, 6.07) is 34.7. The zero-order valence-electron chi connectivity index (χ0n) is 16.4. The smallest absolute Gasteiger partial charge is 0.143 e. The topological polar surface area (TPSA) is 13.1 Å². The Kier molecular flexibility index (Phi) is 3.12. The minimum absolute atomic E-state index is 0.959. The van der Waals surface area contributed by atoms with Gasteiger partial charge in [0.1, 0.15) is 11.2 Å². The van der Waals surface area contributed by atoms with Gasteiger partial charge in [-0.15, -0.1) is 0 Å². The SMILES string of the molecule is c1ccc(-c2cc3oc4c5c(ccc4c3c3ccccc23)Cc2ccccc2-5)cc1. The van der Waals surface area contributed by atoms with Crippen LogP contribution in [0.15, 0.2) is 101 Å². The zero-order valence-corrected chi connectivity index (χ0v) is 16.4. The van der Waals surface area contributed by atoms with Gasteiger partial charge in [-0.05, 0) is 51.1 Å². The van der Waals surface area contributed by atoms with Gasteiger partial charge in [0.2, 0.25) is 0 Å². The molecule has 1 aliphatic carbocycles. The Bertz CT molecular complexity index is 1600. The van der Waals surface area contributed by atoms with Crippen molar-refractivity contribution < 1.29 is 4.42 Å². The van der Waals surface area contributed by atoms with Crippen LogP contribution in [-0.2, 0) is 6.42 Å². The van der Waals surface area contributed by atoms with Crippen molar-refractivity contribution in [3.8, 4) is 22.3 Å². The maximum Gasteiger partial charge on any atom is 0.143 e. The van der Waals surface area contributed by atoms with Crippen LogP contribution in [-0.4, -0.2) is 0 Å². The normalized spacial score (nSPS) is 12.5. The number of rotatable bonds is 1. The largest absolute Gasteiger partial charge is 0.455 e. The van der Waals surface area contributed by atoms with E-state index in [-0.39, 0.29) is 0 Å². The van der Waals surface area contributed by atoms with Crippen molar-refractivity contribution in [3.63, 3.8) is 0 Å². The fourth-order valence-electron chi connectivity index (χ4n) is 5.17. The molecule has 30 heavy (non-hydrogen) atoms. The number of hydrogen-bond acceptors (Lipinski definition) is 1. The lowest BCUT2D eigenvalue weighted by molar-refractivity contribution is 0.670. The van der Waals surface area contributed by atoms with Crippen molar-refractivity contribution in [3.05, 3.63) is 108 Å². The number of furan rings is 1. The predicted octanol–water partition coefficient (Wildman–Crippen LogP) is 7.98. The Balaban J connectivity index is 1.65. The van der Waals surface area contributed by atoms with E-state index in [9.17, 15) is 0 Å². The van der Waals surface area contributed by atoms with Crippen molar-refractivity contribution in [1.29, 1.82) is 0 Å². The van der Waals surface area contributed by atoms with E-state index in [1.165, 1.54) is 54.9 Å². The second-order valence-corrected chi connectivity index (χ2v) is 8.12. The van der Waals surface area contributed by atoms with E-state index in [0.29, 0.717) is 0 Å². The Hall–Kier alpha value is -3.84. The lowest BCUT2D eigenvalue weighted by atomic mass is 9.94. The van der Waals surface area contributed by atoms with Gasteiger partial charge in [-0.3, -0.25) is 0 Å². The molecule has 1 nitrogen and oxygen atoms in total. The second-order valence-electron chi connectivity index (χ2n) is 8.12. The Labute approximate surface area is 174 Å². The molecule has 6 aromatic rings. The summed E-state index contributed by atoms with van der Waals surface area (Å²) in [7, 11) is 0. The van der Waals surface area contributed by atoms with Crippen molar-refractivity contribution >= 4 is 32.7 Å². The average molecular weight is 382 g/mol. The highest BCUT2D eigenvalue weighted by atomic mass is 16.3. The van der Waals surface area contributed by atoms with E-state index in [1.807, 2.05) is 0 Å². The summed E-state index contributed by atoms with van der Waals surface area (Å²) in [5.74, 6) is 0. The van der Waals surface area contributed by atoms with Gasteiger partial charge in [-0.25, -0.2) is 0 Å². The third-order valence-corrected chi connectivity index (χ3v) is 6.49. The van der Waals surface area contributed by atoms with Crippen LogP contribution in [0.4, 0.5) is 0 Å². The van der Waals surface area contributed by atoms with E-state index in [0.717, 1.165) is 17.6 Å². The van der Waals surface area contributed by atoms with Crippen LogP contribution in [0.3, 0.4) is 0 Å². The Morgan fingerprint density at radius 1 is 0.567 bits per heavy atom. The minimum Gasteiger partial charge on any atom is -0.455 e. The fourth-order valence-corrected chi connectivity index (χ4v) is 5.17. The van der Waals surface area contributed by atoms with Gasteiger partial charge in [0, 0.05) is 16.3 Å². The Morgan fingerprint density at radius 2 is 1.33 bits per heavy atom. The maximum absolute atomic E-state index is 6.62. The molecule has 140 valence electrons. The fraction of sp³-hybridized carbons (Fsp3) is 0.0345. The van der Waals surface area contributed by atoms with Crippen molar-refractivity contribution in [1.82, 2.24) is 0 Å². The van der Waals surface area contributed by atoms with Gasteiger partial charge in [-0.2, -0.15) is 0 Å². The molecule has 0 amide bonds. The minimum atomic E-state index is 0.959. The number of hydrogen-bond donors (Lipinski definition) is 0. The quantitative estimate of drug-likeness (QED) is 0.280. The Morgan fingerprint density at radius 3 is 2.23 bits per heavy atom. The van der Waals surface area contributed by atoms with Gasteiger partial charge < -0.3 is 4.42 Å². The number of benzene rings is 5. The predicted molar refractivity (Wildman–Crippen MR) is 125 cm³/mol. The van der Waals surface area contributed by atoms with Crippen LogP contribution >= 0.6 is 0 Å². The van der Waals surface area contributed by atoms with E-state index >= 15 is 0 Å². The molecule has 0 unspecified atom stereocenters. The van der Waals surface area contributed by atoms with Crippen LogP contribution in [0.25, 0.3) is 55.0 Å². The molecule has 1 aromatic heterocycles. The van der Waals surface area contributed by atoms with E-state index in [2.05, 4.69) is 97.1 Å². The van der Waals surface area contributed by atoms with Crippen molar-refractivity contribution in [2.45, 2.75) is 6.42 Å². The first-order valence-electron chi connectivity index (χ1n) is 10.4. The highest BCUT2D eigenvalue weighted by molar-refractivity contribution is 6.23. The molecule has 0 radical (unpaired) electrons. The van der Waals surface area contributed by atoms with Crippen LogP contribution in [0.1, 0.15) is 11.1 Å². The summed E-state index contributed by atoms with van der Waals surface area (Å²) in [5.41, 5.74) is 9.73. The zero-order chi connectivity index (χ0) is 19.7. The molecular weight excluding hydrogens is 364 g/mol. The first-order valence-corrected chi connectivity index (χ1v) is 10.4. The van der Waals surface area contributed by atoms with Crippen LogP contribution in [0, 0.1) is 0 Å². The highest BCUT2D eigenvalue weighted by Gasteiger charge is 2.24. The summed E-state index contributed by atoms with van der Waals surface area (Å²) in [6.07, 6.45) is 0.981. The monoisotopic (exact) mass is 382 g/mol. The van der Waals surface area contributed by atoms with E-state index in [1.54, 1.807) is 0 Å². The summed E-state index contributed by atoms with van der Waals surface area (Å²) in [6.45, 7) is 0. The standard InChI is InChI=1S/C29H18O/c1-2-8-18(9-3-1)25-17-26-28(23-13-7-6-12-22(23)25)24-15-14-20-16-19-10-4-5-11-21(19)27(20)29(24)30-26/h1-15,17H,16H2. The third kappa shape index (κ3) is 2.07. The highest BCUT2D eigenvalue weighted by Crippen LogP contribution is 2.46. The van der Waals surface area contributed by atoms with Gasteiger partial charge in [-0.1, -0.05) is 91.0 Å². The lowest BCUT2D eigenvalue weighted by Crippen LogP contribution is -1.83. The van der Waals surface area contributed by atoms with Crippen molar-refractivity contribution in [2.24, 2.45) is 0 Å². The van der Waals surface area contributed by atoms with Crippen LogP contribution in [0.5, 0.6) is 0 Å². The lowest BCUT2D eigenvalue weighted by Gasteiger charge is -2.08. The molecule has 0 aliphatic heterocycles. The van der Waals surface area contributed by atoms with Crippen LogP contribution < -0.4 is 0 Å². The molecule has 5 aromatic carbocycles. The molecule has 0 spiro atoms. The van der Waals surface area contributed by atoms with Gasteiger partial charge in [0.05, 0.1) is 0 Å². The molecular formula is C29H18O. The molecule has 0 atom stereocenters. The number of fused-ring (bicyclic) bond motifs is 9. The van der Waals surface area contributed by atoms with Gasteiger partial charge in [0.25, 0.3) is 0 Å². The first-order chi connectivity index (χ1) is 14.9. The van der Waals surface area contributed by atoms with Gasteiger partial charge in [0.15, 0.2) is 0 Å². The van der Waals surface area contributed by atoms with Gasteiger partial charge >= 0.3 is 0 Å². The molecule has 7 rings (SSSR count). The first kappa shape index (κ1) is 16.0. The summed E-state index contributed by atoms with van der Waals surface area (Å²) < 4.78 is 6.62. The average Bonchev–Trinajstić information content (AvgIpc) is 3.37. The summed E-state index contributed by atoms with van der Waals surface area (Å²) in [5, 5.41) is 4.93. The van der Waals surface area contributed by atoms with E-state index < -0.39 is 0 Å². The van der Waals surface area contributed by atoms with E-state index in [4.69, 9.17) is 4.42 Å². The summed E-state index contributed by atoms with van der Waals surface area (Å²) in [4.78, 5) is 0. The summed E-state index contributed by atoms with van der Waals surface area (Å²) >= 11 is 0. The molecule has 1 heterocycles. The third-order valence-electron chi connectivity index (χ3n) is 6.49. The molecule has 0 fully saturated rings. The molecule has 0 N–H and O–H groups in total. The molecule has 1 aliphatic rings. The second kappa shape index (κ2) is 5.84. The molecule has 1 heteroatoms. The maximum atomic E-state index is 6.62. The molecule has 0 saturated carbocycles. The molecule has 0 saturated heterocycles. The van der Waals surface area contributed by atoms with Crippen LogP contribution in [0.2, 0.25) is 0 Å². The molecule has 0 bridgehead atoms.